The number of rotatable bonds is 4. The first-order valence-corrected chi connectivity index (χ1v) is 10.4. The molecular weight excluding hydrogens is 576 g/mol. The van der Waals surface area contributed by atoms with Crippen molar-refractivity contribution in [3.63, 3.8) is 0 Å². The molecule has 0 saturated heterocycles. The number of benzene rings is 2. The smallest absolute Gasteiger partial charge is 0.325 e. The monoisotopic (exact) mass is 583 g/mol. The fourth-order valence-electron chi connectivity index (χ4n) is 3.03. The average Bonchev–Trinajstić information content (AvgIpc) is 2.70. The zero-order chi connectivity index (χ0) is 27.2. The molecule has 0 aliphatic heterocycles. The number of hydrogen-bond donors (Lipinski definition) is 1. The normalized spacial score (nSPS) is 12.7. The maximum absolute atomic E-state index is 13.5. The highest BCUT2D eigenvalue weighted by Gasteiger charge is 2.40. The predicted molar refractivity (Wildman–Crippen MR) is 114 cm³/mol. The molecule has 2 aromatic carbocycles. The second-order valence-corrected chi connectivity index (χ2v) is 8.40. The molecule has 1 N–H and O–H groups in total. The molecule has 0 radical (unpaired) electrons. The maximum atomic E-state index is 13.5. The third-order valence-corrected chi connectivity index (χ3v) is 5.32. The molecule has 1 aromatic heterocycles. The second kappa shape index (κ2) is 9.67. The molecule has 0 fully saturated rings. The Morgan fingerprint density at radius 3 is 1.89 bits per heavy atom. The molecular formula is C20H9Cl3F9N3O. The average molecular weight is 585 g/mol. The Morgan fingerprint density at radius 2 is 1.39 bits per heavy atom. The first kappa shape index (κ1) is 27.9. The van der Waals surface area contributed by atoms with Gasteiger partial charge in [-0.25, -0.2) is 4.98 Å². The number of hydrogen-bond acceptors (Lipinski definition) is 3. The summed E-state index contributed by atoms with van der Waals surface area (Å²) in [5, 5.41) is 0.638. The predicted octanol–water partition coefficient (Wildman–Crippen LogP) is 8.05. The summed E-state index contributed by atoms with van der Waals surface area (Å²) in [5.41, 5.74) is -7.93. The van der Waals surface area contributed by atoms with Crippen molar-refractivity contribution in [2.24, 2.45) is 0 Å². The topological polar surface area (TPSA) is 46.9 Å². The van der Waals surface area contributed by atoms with Gasteiger partial charge in [-0.05, 0) is 42.0 Å². The van der Waals surface area contributed by atoms with Gasteiger partial charge in [0.15, 0.2) is 5.69 Å². The summed E-state index contributed by atoms with van der Waals surface area (Å²) in [6, 6.07) is 4.20. The van der Waals surface area contributed by atoms with E-state index in [2.05, 4.69) is 4.98 Å². The Balaban J connectivity index is 2.25. The molecule has 194 valence electrons. The number of aromatic nitrogens is 2. The first-order chi connectivity index (χ1) is 16.4. The van der Waals surface area contributed by atoms with Crippen LogP contribution in [0.2, 0.25) is 15.1 Å². The highest BCUT2D eigenvalue weighted by molar-refractivity contribution is 6.34. The molecule has 0 atom stereocenters. The quantitative estimate of drug-likeness (QED) is 0.316. The van der Waals surface area contributed by atoms with Gasteiger partial charge in [-0.3, -0.25) is 9.36 Å². The van der Waals surface area contributed by atoms with Gasteiger partial charge >= 0.3 is 18.5 Å². The van der Waals surface area contributed by atoms with E-state index in [1.807, 2.05) is 5.32 Å². The fourth-order valence-corrected chi connectivity index (χ4v) is 3.85. The Kier molecular flexibility index (Phi) is 7.51. The molecule has 4 nitrogen and oxygen atoms in total. The van der Waals surface area contributed by atoms with E-state index in [9.17, 15) is 44.3 Å². The molecule has 36 heavy (non-hydrogen) atoms. The van der Waals surface area contributed by atoms with E-state index in [1.165, 1.54) is 18.2 Å². The lowest BCUT2D eigenvalue weighted by Crippen LogP contribution is -2.29. The van der Waals surface area contributed by atoms with Crippen LogP contribution in [-0.2, 0) is 25.1 Å². The number of nitrogens with zero attached hydrogens (tertiary/aromatic N) is 2. The molecule has 3 aromatic rings. The van der Waals surface area contributed by atoms with E-state index in [0.29, 0.717) is 10.6 Å². The van der Waals surface area contributed by atoms with Crippen LogP contribution in [0.25, 0.3) is 0 Å². The highest BCUT2D eigenvalue weighted by atomic mass is 35.5. The summed E-state index contributed by atoms with van der Waals surface area (Å²) in [7, 11) is 0. The van der Waals surface area contributed by atoms with Crippen LogP contribution < -0.4 is 10.9 Å². The van der Waals surface area contributed by atoms with Gasteiger partial charge < -0.3 is 5.32 Å². The van der Waals surface area contributed by atoms with Crippen LogP contribution in [0.3, 0.4) is 0 Å². The Bertz CT molecular complexity index is 1350. The van der Waals surface area contributed by atoms with E-state index < -0.39 is 64.1 Å². The molecule has 0 bridgehead atoms. The zero-order valence-corrected chi connectivity index (χ0v) is 19.3. The standard InChI is InChI=1S/C20H9Cl3F9N3O/c21-10-3-8(4-11(22)6-10)7-35-16(36)14(23)15(20(30,31)32)34-17(35)33-13-2-1-9(18(24,25)26)5-12(13)19(27,28)29/h1-6H,7H2,(H,33,34). The number of nitrogens with one attached hydrogen (secondary N) is 1. The minimum absolute atomic E-state index is 0.0631. The molecule has 1 heterocycles. The van der Waals surface area contributed by atoms with E-state index in [0.717, 1.165) is 0 Å². The van der Waals surface area contributed by atoms with Crippen LogP contribution in [0, 0.1) is 0 Å². The molecule has 0 spiro atoms. The van der Waals surface area contributed by atoms with Gasteiger partial charge in [0.05, 0.1) is 23.4 Å². The van der Waals surface area contributed by atoms with Crippen molar-refractivity contribution < 1.29 is 39.5 Å². The van der Waals surface area contributed by atoms with Gasteiger partial charge in [0, 0.05) is 10.0 Å². The van der Waals surface area contributed by atoms with E-state index in [-0.39, 0.29) is 27.7 Å². The summed E-state index contributed by atoms with van der Waals surface area (Å²) in [6.07, 6.45) is -15.8. The Hall–Kier alpha value is -2.64. The molecule has 0 unspecified atom stereocenters. The molecule has 16 heteroatoms. The SMILES string of the molecule is O=c1c(Cl)c(C(F)(F)F)nc(Nc2ccc(C(F)(F)F)cc2C(F)(F)F)n1Cc1cc(Cl)cc(Cl)c1. The third-order valence-electron chi connectivity index (χ3n) is 4.54. The molecule has 0 amide bonds. The van der Waals surface area contributed by atoms with Gasteiger partial charge in [0.25, 0.3) is 5.56 Å². The van der Waals surface area contributed by atoms with Gasteiger partial charge in [0.1, 0.15) is 5.02 Å². The third kappa shape index (κ3) is 6.19. The van der Waals surface area contributed by atoms with Crippen LogP contribution in [0.4, 0.5) is 51.1 Å². The number of alkyl halides is 9. The molecule has 0 saturated carbocycles. The van der Waals surface area contributed by atoms with E-state index >= 15 is 0 Å². The van der Waals surface area contributed by atoms with Gasteiger partial charge in [0.2, 0.25) is 5.95 Å². The van der Waals surface area contributed by atoms with Crippen molar-refractivity contribution >= 4 is 46.4 Å². The number of halogens is 12. The van der Waals surface area contributed by atoms with Crippen LogP contribution in [0.5, 0.6) is 0 Å². The Morgan fingerprint density at radius 1 is 0.806 bits per heavy atom. The van der Waals surface area contributed by atoms with Crippen molar-refractivity contribution in [3.05, 3.63) is 84.2 Å². The van der Waals surface area contributed by atoms with Gasteiger partial charge in [-0.1, -0.05) is 34.8 Å². The van der Waals surface area contributed by atoms with Crippen molar-refractivity contribution in [1.29, 1.82) is 0 Å². The lowest BCUT2D eigenvalue weighted by atomic mass is 10.1. The summed E-state index contributed by atoms with van der Waals surface area (Å²) in [5.74, 6) is -1.09. The largest absolute Gasteiger partial charge is 0.435 e. The summed E-state index contributed by atoms with van der Waals surface area (Å²) in [6.45, 7) is -0.617. The molecule has 0 aliphatic carbocycles. The van der Waals surface area contributed by atoms with E-state index in [4.69, 9.17) is 34.8 Å². The Labute approximate surface area is 210 Å². The van der Waals surface area contributed by atoms with Gasteiger partial charge in [-0.2, -0.15) is 39.5 Å². The maximum Gasteiger partial charge on any atom is 0.435 e. The van der Waals surface area contributed by atoms with Crippen molar-refractivity contribution in [3.8, 4) is 0 Å². The molecule has 0 aliphatic rings. The minimum Gasteiger partial charge on any atom is -0.325 e. The lowest BCUT2D eigenvalue weighted by molar-refractivity contribution is -0.143. The van der Waals surface area contributed by atoms with Crippen LogP contribution in [0.1, 0.15) is 22.4 Å². The van der Waals surface area contributed by atoms with Crippen LogP contribution in [-0.4, -0.2) is 9.55 Å². The zero-order valence-electron chi connectivity index (χ0n) is 17.0. The van der Waals surface area contributed by atoms with Crippen LogP contribution in [0.15, 0.2) is 41.2 Å². The number of anilines is 2. The summed E-state index contributed by atoms with van der Waals surface area (Å²) < 4.78 is 120. The van der Waals surface area contributed by atoms with Crippen molar-refractivity contribution in [1.82, 2.24) is 9.55 Å². The minimum atomic E-state index is -5.37. The summed E-state index contributed by atoms with van der Waals surface area (Å²) >= 11 is 17.3. The first-order valence-electron chi connectivity index (χ1n) is 9.26. The highest BCUT2D eigenvalue weighted by Crippen LogP contribution is 2.40. The lowest BCUT2D eigenvalue weighted by Gasteiger charge is -2.20. The second-order valence-electron chi connectivity index (χ2n) is 7.15. The van der Waals surface area contributed by atoms with Crippen molar-refractivity contribution in [2.75, 3.05) is 5.32 Å². The molecule has 3 rings (SSSR count). The van der Waals surface area contributed by atoms with Crippen molar-refractivity contribution in [2.45, 2.75) is 25.1 Å². The van der Waals surface area contributed by atoms with E-state index in [1.54, 1.807) is 0 Å². The van der Waals surface area contributed by atoms with Crippen LogP contribution >= 0.6 is 34.8 Å². The fraction of sp³-hybridized carbons (Fsp3) is 0.200. The summed E-state index contributed by atoms with van der Waals surface area (Å²) in [4.78, 5) is 15.9. The van der Waals surface area contributed by atoms with Gasteiger partial charge in [-0.15, -0.1) is 0 Å².